The van der Waals surface area contributed by atoms with Gasteiger partial charge in [-0.3, -0.25) is 0 Å². The minimum Gasteiger partial charge on any atom is -0.378 e. The molecule has 1 aliphatic heterocycles. The van der Waals surface area contributed by atoms with Crippen molar-refractivity contribution in [3.05, 3.63) is 40.5 Å². The van der Waals surface area contributed by atoms with Gasteiger partial charge in [-0.25, -0.2) is 0 Å². The fraction of sp³-hybridized carbons (Fsp3) is 0.429. The molecule has 1 atom stereocenters. The Bertz CT molecular complexity index is 570. The van der Waals surface area contributed by atoms with Crippen LogP contribution in [0.3, 0.4) is 0 Å². The molecule has 2 heterocycles. The maximum atomic E-state index is 5.42. The monoisotopic (exact) mass is 369 g/mol. The van der Waals surface area contributed by atoms with Crippen molar-refractivity contribution in [2.24, 2.45) is 0 Å². The quantitative estimate of drug-likeness (QED) is 0.817. The lowest BCUT2D eigenvalue weighted by atomic mass is 10.2. The molecule has 0 bridgehead atoms. The molecule has 0 radical (unpaired) electrons. The lowest BCUT2D eigenvalue weighted by Gasteiger charge is -2.22. The van der Waals surface area contributed by atoms with Gasteiger partial charge in [0.1, 0.15) is 0 Å². The predicted molar refractivity (Wildman–Crippen MR) is 84.3 cm³/mol. The number of morpholine rings is 1. The van der Waals surface area contributed by atoms with Crippen molar-refractivity contribution in [1.29, 1.82) is 0 Å². The Morgan fingerprint density at radius 2 is 2.19 bits per heavy atom. The van der Waals surface area contributed by atoms with Crippen molar-refractivity contribution in [1.82, 2.24) is 15.5 Å². The van der Waals surface area contributed by atoms with Crippen molar-refractivity contribution in [3.63, 3.8) is 0 Å². The molecule has 2 aromatic rings. The Balaban J connectivity index is 1.51. The summed E-state index contributed by atoms with van der Waals surface area (Å²) < 4.78 is 11.8. The fourth-order valence-corrected chi connectivity index (χ4v) is 3.08. The zero-order valence-electron chi connectivity index (χ0n) is 11.4. The molecule has 1 saturated heterocycles. The van der Waals surface area contributed by atoms with E-state index in [1.54, 1.807) is 11.8 Å². The number of benzene rings is 1. The Morgan fingerprint density at radius 3 is 2.95 bits per heavy atom. The molecule has 0 amide bonds. The number of hydrogen-bond donors (Lipinski definition) is 1. The first-order valence-electron chi connectivity index (χ1n) is 6.80. The highest BCUT2D eigenvalue weighted by Crippen LogP contribution is 2.23. The van der Waals surface area contributed by atoms with Gasteiger partial charge in [-0.15, -0.1) is 11.8 Å². The van der Waals surface area contributed by atoms with Crippen LogP contribution in [0.4, 0.5) is 0 Å². The van der Waals surface area contributed by atoms with Crippen LogP contribution in [0.5, 0.6) is 0 Å². The third-order valence-corrected chi connectivity index (χ3v) is 4.65. The van der Waals surface area contributed by atoms with Gasteiger partial charge in [0.15, 0.2) is 5.82 Å². The van der Waals surface area contributed by atoms with E-state index < -0.39 is 0 Å². The Hall–Kier alpha value is -0.890. The third-order valence-electron chi connectivity index (χ3n) is 3.11. The number of ether oxygens (including phenoxy) is 1. The second-order valence-electron chi connectivity index (χ2n) is 4.78. The topological polar surface area (TPSA) is 60.2 Å². The van der Waals surface area contributed by atoms with Gasteiger partial charge in [0.25, 0.3) is 0 Å². The van der Waals surface area contributed by atoms with Crippen molar-refractivity contribution >= 4 is 27.7 Å². The standard InChI is InChI=1S/C14H16BrN3O2S/c15-10-1-3-12(4-2-10)21-9-13-17-14(20-18-13)7-11-8-19-6-5-16-11/h1-4,11,16H,5-9H2. The highest BCUT2D eigenvalue weighted by atomic mass is 79.9. The summed E-state index contributed by atoms with van der Waals surface area (Å²) in [6.45, 7) is 2.35. The number of nitrogens with one attached hydrogen (secondary N) is 1. The second kappa shape index (κ2) is 7.40. The minimum atomic E-state index is 0.270. The molecule has 1 aromatic heterocycles. The summed E-state index contributed by atoms with van der Waals surface area (Å²) in [4.78, 5) is 5.62. The zero-order chi connectivity index (χ0) is 14.5. The van der Waals surface area contributed by atoms with Gasteiger partial charge in [0.05, 0.1) is 19.0 Å². The summed E-state index contributed by atoms with van der Waals surface area (Å²) in [5.41, 5.74) is 0. The van der Waals surface area contributed by atoms with E-state index in [4.69, 9.17) is 9.26 Å². The molecule has 1 aromatic carbocycles. The Kier molecular flexibility index (Phi) is 5.29. The maximum absolute atomic E-state index is 5.42. The summed E-state index contributed by atoms with van der Waals surface area (Å²) in [7, 11) is 0. The van der Waals surface area contributed by atoms with Crippen LogP contribution >= 0.6 is 27.7 Å². The number of aromatic nitrogens is 2. The van der Waals surface area contributed by atoms with Crippen LogP contribution in [-0.4, -0.2) is 35.9 Å². The first-order chi connectivity index (χ1) is 10.3. The van der Waals surface area contributed by atoms with E-state index in [2.05, 4.69) is 43.5 Å². The molecule has 112 valence electrons. The summed E-state index contributed by atoms with van der Waals surface area (Å²) in [5, 5.41) is 7.41. The van der Waals surface area contributed by atoms with Crippen LogP contribution in [-0.2, 0) is 16.9 Å². The molecular weight excluding hydrogens is 354 g/mol. The van der Waals surface area contributed by atoms with E-state index in [-0.39, 0.29) is 6.04 Å². The summed E-state index contributed by atoms with van der Waals surface area (Å²) in [6.07, 6.45) is 0.718. The summed E-state index contributed by atoms with van der Waals surface area (Å²) in [6, 6.07) is 8.46. The molecule has 0 spiro atoms. The SMILES string of the molecule is Brc1ccc(SCc2noc(CC3COCCN3)n2)cc1. The van der Waals surface area contributed by atoms with Crippen LogP contribution in [0.2, 0.25) is 0 Å². The minimum absolute atomic E-state index is 0.270. The van der Waals surface area contributed by atoms with E-state index in [1.807, 2.05) is 12.1 Å². The molecular formula is C14H16BrN3O2S. The predicted octanol–water partition coefficient (Wildman–Crippen LogP) is 2.66. The molecule has 0 saturated carbocycles. The zero-order valence-corrected chi connectivity index (χ0v) is 13.8. The van der Waals surface area contributed by atoms with Crippen LogP contribution < -0.4 is 5.32 Å². The van der Waals surface area contributed by atoms with E-state index in [0.29, 0.717) is 18.3 Å². The van der Waals surface area contributed by atoms with Crippen molar-refractivity contribution in [2.75, 3.05) is 19.8 Å². The number of hydrogen-bond acceptors (Lipinski definition) is 6. The van der Waals surface area contributed by atoms with Crippen molar-refractivity contribution < 1.29 is 9.26 Å². The summed E-state index contributed by atoms with van der Waals surface area (Å²) in [5.74, 6) is 2.11. The van der Waals surface area contributed by atoms with E-state index in [9.17, 15) is 0 Å². The Morgan fingerprint density at radius 1 is 1.33 bits per heavy atom. The molecule has 7 heteroatoms. The first-order valence-corrected chi connectivity index (χ1v) is 8.58. The number of halogens is 1. The highest BCUT2D eigenvalue weighted by Gasteiger charge is 2.17. The van der Waals surface area contributed by atoms with Gasteiger partial charge in [0.2, 0.25) is 5.89 Å². The molecule has 1 unspecified atom stereocenters. The normalized spacial score (nSPS) is 18.8. The van der Waals surface area contributed by atoms with E-state index in [0.717, 1.165) is 29.9 Å². The molecule has 0 aliphatic carbocycles. The number of thioether (sulfide) groups is 1. The first kappa shape index (κ1) is 15.0. The van der Waals surface area contributed by atoms with Gasteiger partial charge in [0, 0.05) is 28.4 Å². The van der Waals surface area contributed by atoms with Crippen molar-refractivity contribution in [3.8, 4) is 0 Å². The molecule has 3 rings (SSSR count). The highest BCUT2D eigenvalue weighted by molar-refractivity contribution is 9.10. The molecule has 5 nitrogen and oxygen atoms in total. The van der Waals surface area contributed by atoms with Crippen LogP contribution in [0.25, 0.3) is 0 Å². The van der Waals surface area contributed by atoms with Gasteiger partial charge in [-0.05, 0) is 24.3 Å². The van der Waals surface area contributed by atoms with Crippen LogP contribution in [0.15, 0.2) is 38.2 Å². The van der Waals surface area contributed by atoms with Gasteiger partial charge < -0.3 is 14.6 Å². The second-order valence-corrected chi connectivity index (χ2v) is 6.74. The van der Waals surface area contributed by atoms with Crippen LogP contribution in [0.1, 0.15) is 11.7 Å². The number of nitrogens with zero attached hydrogens (tertiary/aromatic N) is 2. The molecule has 1 N–H and O–H groups in total. The lowest BCUT2D eigenvalue weighted by molar-refractivity contribution is 0.0744. The van der Waals surface area contributed by atoms with Crippen LogP contribution in [0, 0.1) is 0 Å². The average Bonchev–Trinajstić information content (AvgIpc) is 2.95. The number of rotatable bonds is 5. The lowest BCUT2D eigenvalue weighted by Crippen LogP contribution is -2.42. The van der Waals surface area contributed by atoms with Gasteiger partial charge in [-0.2, -0.15) is 4.98 Å². The average molecular weight is 370 g/mol. The third kappa shape index (κ3) is 4.54. The van der Waals surface area contributed by atoms with Gasteiger partial charge in [-0.1, -0.05) is 21.1 Å². The van der Waals surface area contributed by atoms with E-state index >= 15 is 0 Å². The van der Waals surface area contributed by atoms with Gasteiger partial charge >= 0.3 is 0 Å². The summed E-state index contributed by atoms with van der Waals surface area (Å²) >= 11 is 5.12. The largest absolute Gasteiger partial charge is 0.378 e. The molecule has 1 aliphatic rings. The fourth-order valence-electron chi connectivity index (χ4n) is 2.07. The van der Waals surface area contributed by atoms with Crippen molar-refractivity contribution in [2.45, 2.75) is 23.1 Å². The maximum Gasteiger partial charge on any atom is 0.228 e. The Labute approximate surface area is 136 Å². The molecule has 21 heavy (non-hydrogen) atoms. The smallest absolute Gasteiger partial charge is 0.228 e. The van der Waals surface area contributed by atoms with E-state index in [1.165, 1.54) is 4.90 Å². The molecule has 1 fully saturated rings.